The molecule has 1 saturated heterocycles. The van der Waals surface area contributed by atoms with Crippen LogP contribution in [0.15, 0.2) is 12.1 Å². The zero-order valence-corrected chi connectivity index (χ0v) is 10.6. The predicted molar refractivity (Wildman–Crippen MR) is 67.3 cm³/mol. The molecule has 1 fully saturated rings. The first-order valence-corrected chi connectivity index (χ1v) is 6.18. The van der Waals surface area contributed by atoms with Gasteiger partial charge >= 0.3 is 0 Å². The van der Waals surface area contributed by atoms with Crippen LogP contribution in [-0.4, -0.2) is 13.7 Å². The first kappa shape index (κ1) is 11.7. The van der Waals surface area contributed by atoms with E-state index in [-0.39, 0.29) is 0 Å². The Kier molecular flexibility index (Phi) is 3.72. The lowest BCUT2D eigenvalue weighted by atomic mass is 9.96. The van der Waals surface area contributed by atoms with Gasteiger partial charge in [0, 0.05) is 6.04 Å². The summed E-state index contributed by atoms with van der Waals surface area (Å²) in [5, 5.41) is 4.27. The molecule has 0 bridgehead atoms. The lowest BCUT2D eigenvalue weighted by molar-refractivity contribution is 0.399. The SMILES string of the molecule is COc1c(C)ccc(C2CCCCN2)c1Cl. The molecule has 1 aromatic carbocycles. The molecule has 1 N–H and O–H groups in total. The number of benzene rings is 1. The second kappa shape index (κ2) is 5.07. The van der Waals surface area contributed by atoms with Crippen molar-refractivity contribution in [1.82, 2.24) is 5.32 Å². The van der Waals surface area contributed by atoms with E-state index < -0.39 is 0 Å². The lowest BCUT2D eigenvalue weighted by Crippen LogP contribution is -2.27. The van der Waals surface area contributed by atoms with Crippen LogP contribution in [0.5, 0.6) is 5.75 Å². The fourth-order valence-electron chi connectivity index (χ4n) is 2.30. The van der Waals surface area contributed by atoms with Crippen molar-refractivity contribution in [3.63, 3.8) is 0 Å². The number of rotatable bonds is 2. The minimum Gasteiger partial charge on any atom is -0.495 e. The molecule has 1 atom stereocenters. The Morgan fingerprint density at radius 3 is 2.81 bits per heavy atom. The fraction of sp³-hybridized carbons (Fsp3) is 0.538. The summed E-state index contributed by atoms with van der Waals surface area (Å²) in [6.07, 6.45) is 3.69. The van der Waals surface area contributed by atoms with E-state index in [4.69, 9.17) is 16.3 Å². The molecule has 0 saturated carbocycles. The molecule has 88 valence electrons. The van der Waals surface area contributed by atoms with E-state index in [1.165, 1.54) is 18.4 Å². The van der Waals surface area contributed by atoms with Gasteiger partial charge in [-0.1, -0.05) is 30.2 Å². The van der Waals surface area contributed by atoms with Gasteiger partial charge in [-0.05, 0) is 37.4 Å². The molecule has 16 heavy (non-hydrogen) atoms. The Morgan fingerprint density at radius 2 is 2.19 bits per heavy atom. The van der Waals surface area contributed by atoms with Crippen LogP contribution < -0.4 is 10.1 Å². The third-order valence-corrected chi connectivity index (χ3v) is 3.60. The second-order valence-electron chi connectivity index (χ2n) is 4.32. The number of nitrogens with one attached hydrogen (secondary N) is 1. The minimum absolute atomic E-state index is 0.385. The first-order valence-electron chi connectivity index (χ1n) is 5.80. The highest BCUT2D eigenvalue weighted by molar-refractivity contribution is 6.33. The third kappa shape index (κ3) is 2.18. The highest BCUT2D eigenvalue weighted by Gasteiger charge is 2.20. The molecule has 1 aliphatic heterocycles. The molecule has 2 nitrogen and oxygen atoms in total. The molecule has 0 radical (unpaired) electrons. The van der Waals surface area contributed by atoms with Crippen LogP contribution in [0, 0.1) is 6.92 Å². The van der Waals surface area contributed by atoms with E-state index >= 15 is 0 Å². The lowest BCUT2D eigenvalue weighted by Gasteiger charge is -2.25. The number of aryl methyl sites for hydroxylation is 1. The molecule has 0 aromatic heterocycles. The summed E-state index contributed by atoms with van der Waals surface area (Å²) < 4.78 is 5.35. The topological polar surface area (TPSA) is 21.3 Å². The third-order valence-electron chi connectivity index (χ3n) is 3.21. The van der Waals surface area contributed by atoms with Crippen molar-refractivity contribution in [2.24, 2.45) is 0 Å². The highest BCUT2D eigenvalue weighted by atomic mass is 35.5. The number of piperidine rings is 1. The average Bonchev–Trinajstić information content (AvgIpc) is 2.31. The zero-order valence-electron chi connectivity index (χ0n) is 9.85. The monoisotopic (exact) mass is 239 g/mol. The second-order valence-corrected chi connectivity index (χ2v) is 4.70. The van der Waals surface area contributed by atoms with Gasteiger partial charge in [0.2, 0.25) is 0 Å². The number of methoxy groups -OCH3 is 1. The van der Waals surface area contributed by atoms with Gasteiger partial charge in [0.25, 0.3) is 0 Å². The Bertz CT molecular complexity index is 372. The molecule has 2 rings (SSSR count). The number of ether oxygens (including phenoxy) is 1. The van der Waals surface area contributed by atoms with E-state index in [2.05, 4.69) is 17.4 Å². The normalized spacial score (nSPS) is 20.8. The Morgan fingerprint density at radius 1 is 1.38 bits per heavy atom. The number of hydrogen-bond acceptors (Lipinski definition) is 2. The maximum absolute atomic E-state index is 6.38. The molecule has 1 aromatic rings. The summed E-state index contributed by atoms with van der Waals surface area (Å²) in [5.74, 6) is 0.812. The van der Waals surface area contributed by atoms with Crippen molar-refractivity contribution in [2.75, 3.05) is 13.7 Å². The number of hydrogen-bond donors (Lipinski definition) is 1. The first-order chi connectivity index (χ1) is 7.74. The summed E-state index contributed by atoms with van der Waals surface area (Å²) in [6, 6.07) is 4.58. The summed E-state index contributed by atoms with van der Waals surface area (Å²) >= 11 is 6.38. The molecule has 1 unspecified atom stereocenters. The highest BCUT2D eigenvalue weighted by Crippen LogP contribution is 2.37. The molecular formula is C13H18ClNO. The van der Waals surface area contributed by atoms with Gasteiger partial charge in [0.05, 0.1) is 12.1 Å². The Balaban J connectivity index is 2.33. The van der Waals surface area contributed by atoms with Crippen LogP contribution in [0.3, 0.4) is 0 Å². The molecule has 3 heteroatoms. The zero-order chi connectivity index (χ0) is 11.5. The Hall–Kier alpha value is -0.730. The minimum atomic E-state index is 0.385. The summed E-state index contributed by atoms with van der Waals surface area (Å²) in [6.45, 7) is 3.10. The number of halogens is 1. The molecule has 0 aliphatic carbocycles. The largest absolute Gasteiger partial charge is 0.495 e. The van der Waals surface area contributed by atoms with Gasteiger partial charge in [-0.15, -0.1) is 0 Å². The van der Waals surface area contributed by atoms with E-state index in [9.17, 15) is 0 Å². The van der Waals surface area contributed by atoms with Gasteiger partial charge in [-0.3, -0.25) is 0 Å². The molecule has 1 aliphatic rings. The van der Waals surface area contributed by atoms with E-state index in [1.807, 2.05) is 6.92 Å². The standard InChI is InChI=1S/C13H18ClNO/c1-9-6-7-10(12(14)13(9)16-2)11-5-3-4-8-15-11/h6-7,11,15H,3-5,8H2,1-2H3. The van der Waals surface area contributed by atoms with E-state index in [0.29, 0.717) is 6.04 Å². The van der Waals surface area contributed by atoms with E-state index in [0.717, 1.165) is 29.3 Å². The maximum Gasteiger partial charge on any atom is 0.140 e. The predicted octanol–water partition coefficient (Wildman–Crippen LogP) is 3.47. The summed E-state index contributed by atoms with van der Waals surface area (Å²) in [5.41, 5.74) is 2.26. The van der Waals surface area contributed by atoms with Gasteiger partial charge in [-0.25, -0.2) is 0 Å². The van der Waals surface area contributed by atoms with Crippen LogP contribution in [0.1, 0.15) is 36.4 Å². The fourth-order valence-corrected chi connectivity index (χ4v) is 2.73. The van der Waals surface area contributed by atoms with Gasteiger partial charge < -0.3 is 10.1 Å². The molecular weight excluding hydrogens is 222 g/mol. The van der Waals surface area contributed by atoms with Crippen molar-refractivity contribution in [3.8, 4) is 5.75 Å². The quantitative estimate of drug-likeness (QED) is 0.853. The smallest absolute Gasteiger partial charge is 0.140 e. The van der Waals surface area contributed by atoms with Crippen LogP contribution >= 0.6 is 11.6 Å². The van der Waals surface area contributed by atoms with Gasteiger partial charge in [-0.2, -0.15) is 0 Å². The van der Waals surface area contributed by atoms with Crippen molar-refractivity contribution in [1.29, 1.82) is 0 Å². The van der Waals surface area contributed by atoms with Crippen molar-refractivity contribution in [3.05, 3.63) is 28.3 Å². The molecule has 1 heterocycles. The molecule has 0 amide bonds. The van der Waals surface area contributed by atoms with Gasteiger partial charge in [0.15, 0.2) is 0 Å². The van der Waals surface area contributed by atoms with Crippen molar-refractivity contribution < 1.29 is 4.74 Å². The molecule has 0 spiro atoms. The average molecular weight is 240 g/mol. The maximum atomic E-state index is 6.38. The van der Waals surface area contributed by atoms with Crippen LogP contribution in [0.25, 0.3) is 0 Å². The van der Waals surface area contributed by atoms with E-state index in [1.54, 1.807) is 7.11 Å². The van der Waals surface area contributed by atoms with Crippen molar-refractivity contribution >= 4 is 11.6 Å². The Labute approximate surface area is 102 Å². The van der Waals surface area contributed by atoms with Crippen molar-refractivity contribution in [2.45, 2.75) is 32.2 Å². The van der Waals surface area contributed by atoms with Crippen LogP contribution in [-0.2, 0) is 0 Å². The van der Waals surface area contributed by atoms with Gasteiger partial charge in [0.1, 0.15) is 5.75 Å². The summed E-state index contributed by atoms with van der Waals surface area (Å²) in [7, 11) is 1.67. The van der Waals surface area contributed by atoms with Crippen LogP contribution in [0.2, 0.25) is 5.02 Å². The van der Waals surface area contributed by atoms with Crippen LogP contribution in [0.4, 0.5) is 0 Å². The summed E-state index contributed by atoms with van der Waals surface area (Å²) in [4.78, 5) is 0.